The predicted octanol–water partition coefficient (Wildman–Crippen LogP) is 2.54. The second-order valence-electron chi connectivity index (χ2n) is 11.2. The van der Waals surface area contributed by atoms with E-state index >= 15 is 0 Å². The molecule has 0 spiro atoms. The lowest BCUT2D eigenvalue weighted by molar-refractivity contribution is -0.140. The van der Waals surface area contributed by atoms with E-state index < -0.39 is 32.9 Å². The number of aromatic hydroxyl groups is 1. The number of sulfone groups is 1. The van der Waals surface area contributed by atoms with Gasteiger partial charge in [0.25, 0.3) is 0 Å². The fourth-order valence-electron chi connectivity index (χ4n) is 6.13. The molecule has 12 nitrogen and oxygen atoms in total. The molecule has 0 radical (unpaired) electrons. The molecule has 1 aromatic carbocycles. The van der Waals surface area contributed by atoms with E-state index in [2.05, 4.69) is 14.9 Å². The van der Waals surface area contributed by atoms with Crippen molar-refractivity contribution in [1.29, 1.82) is 0 Å². The Kier molecular flexibility index (Phi) is 8.84. The van der Waals surface area contributed by atoms with Gasteiger partial charge in [-0.05, 0) is 44.5 Å². The molecule has 0 bridgehead atoms. The Morgan fingerprint density at radius 2 is 1.84 bits per heavy atom. The Hall–Kier alpha value is -3.84. The van der Waals surface area contributed by atoms with Crippen molar-refractivity contribution in [3.8, 4) is 11.5 Å². The van der Waals surface area contributed by atoms with Crippen molar-refractivity contribution < 1.29 is 32.2 Å². The zero-order valence-electron chi connectivity index (χ0n) is 24.9. The molecule has 2 aliphatic heterocycles. The molecule has 43 heavy (non-hydrogen) atoms. The first-order valence-electron chi connectivity index (χ1n) is 14.3. The van der Waals surface area contributed by atoms with Gasteiger partial charge in [0.05, 0.1) is 56.3 Å². The number of hydrogen-bond donors (Lipinski definition) is 1. The number of anilines is 1. The van der Waals surface area contributed by atoms with Crippen LogP contribution in [0.1, 0.15) is 53.3 Å². The van der Waals surface area contributed by atoms with Gasteiger partial charge < -0.3 is 23.9 Å². The fraction of sp³-hybridized carbons (Fsp3) is 0.500. The van der Waals surface area contributed by atoms with Gasteiger partial charge in [-0.2, -0.15) is 5.10 Å². The minimum Gasteiger partial charge on any atom is -0.502 e. The van der Waals surface area contributed by atoms with Gasteiger partial charge in [0, 0.05) is 49.2 Å². The van der Waals surface area contributed by atoms with Crippen LogP contribution < -0.4 is 15.1 Å². The van der Waals surface area contributed by atoms with Crippen molar-refractivity contribution in [2.24, 2.45) is 0 Å². The van der Waals surface area contributed by atoms with Gasteiger partial charge >= 0.3 is 5.97 Å². The standard InChI is InChI=1S/C30H38N4O8S/c1-19-28(20(2)34(31-19)22-9-14-43(38,39)18-22)25(16-27(36)41-4)30-29(37)26(35)15-24(42-30)17-32-10-12-33(13-11-32)21-5-7-23(40-3)8-6-21/h5-8,15,22,25,37H,9-14,16-18H2,1-4H3/t22-,25-/m0/s1. The molecule has 0 unspecified atom stereocenters. The summed E-state index contributed by atoms with van der Waals surface area (Å²) in [6, 6.07) is 8.87. The zero-order chi connectivity index (χ0) is 30.9. The molecule has 0 aliphatic carbocycles. The molecule has 13 heteroatoms. The van der Waals surface area contributed by atoms with Gasteiger partial charge in [0.15, 0.2) is 15.6 Å². The van der Waals surface area contributed by atoms with Crippen molar-refractivity contribution in [2.75, 3.05) is 56.8 Å². The van der Waals surface area contributed by atoms with Crippen LogP contribution in [0.4, 0.5) is 5.69 Å². The Morgan fingerprint density at radius 3 is 2.44 bits per heavy atom. The summed E-state index contributed by atoms with van der Waals surface area (Å²) in [4.78, 5) is 30.0. The van der Waals surface area contributed by atoms with Crippen molar-refractivity contribution in [3.63, 3.8) is 0 Å². The number of nitrogens with zero attached hydrogens (tertiary/aromatic N) is 4. The van der Waals surface area contributed by atoms with Crippen LogP contribution in [0.3, 0.4) is 0 Å². The van der Waals surface area contributed by atoms with E-state index in [0.717, 1.165) is 37.6 Å². The van der Waals surface area contributed by atoms with Gasteiger partial charge in [0.1, 0.15) is 11.5 Å². The molecule has 2 fully saturated rings. The lowest BCUT2D eigenvalue weighted by atomic mass is 9.90. The summed E-state index contributed by atoms with van der Waals surface area (Å²) in [5, 5.41) is 15.5. The number of aromatic nitrogens is 2. The van der Waals surface area contributed by atoms with Crippen LogP contribution in [0.15, 0.2) is 39.5 Å². The van der Waals surface area contributed by atoms with E-state index in [0.29, 0.717) is 35.7 Å². The number of hydrogen-bond acceptors (Lipinski definition) is 11. The minimum absolute atomic E-state index is 0.0163. The van der Waals surface area contributed by atoms with Crippen LogP contribution in [-0.2, 0) is 25.9 Å². The number of carbonyl (C=O) groups is 1. The van der Waals surface area contributed by atoms with Crippen LogP contribution in [0, 0.1) is 13.8 Å². The second-order valence-corrected chi connectivity index (χ2v) is 13.4. The molecule has 4 heterocycles. The van der Waals surface area contributed by atoms with Crippen molar-refractivity contribution >= 4 is 21.5 Å². The molecule has 2 atom stereocenters. The number of rotatable bonds is 9. The normalized spacial score (nSPS) is 19.3. The first kappa shape index (κ1) is 30.6. The lowest BCUT2D eigenvalue weighted by Crippen LogP contribution is -2.46. The molecule has 5 rings (SSSR count). The highest BCUT2D eigenvalue weighted by Crippen LogP contribution is 2.38. The summed E-state index contributed by atoms with van der Waals surface area (Å²) >= 11 is 0. The molecular weight excluding hydrogens is 576 g/mol. The third kappa shape index (κ3) is 6.57. The minimum atomic E-state index is -3.16. The number of aryl methyl sites for hydroxylation is 1. The average molecular weight is 615 g/mol. The molecule has 1 N–H and O–H groups in total. The summed E-state index contributed by atoms with van der Waals surface area (Å²) in [5.74, 6) is -0.779. The Labute approximate surface area is 250 Å². The van der Waals surface area contributed by atoms with E-state index in [1.807, 2.05) is 24.3 Å². The van der Waals surface area contributed by atoms with Crippen LogP contribution in [-0.4, -0.2) is 86.1 Å². The molecule has 0 amide bonds. The van der Waals surface area contributed by atoms with Crippen LogP contribution >= 0.6 is 0 Å². The smallest absolute Gasteiger partial charge is 0.306 e. The van der Waals surface area contributed by atoms with E-state index in [-0.39, 0.29) is 29.7 Å². The summed E-state index contributed by atoms with van der Waals surface area (Å²) in [5.41, 5.74) is 2.30. The van der Waals surface area contributed by atoms with Crippen LogP contribution in [0.5, 0.6) is 11.5 Å². The zero-order valence-corrected chi connectivity index (χ0v) is 25.7. The molecule has 0 saturated carbocycles. The van der Waals surface area contributed by atoms with Crippen LogP contribution in [0.25, 0.3) is 0 Å². The van der Waals surface area contributed by atoms with Crippen LogP contribution in [0.2, 0.25) is 0 Å². The molecule has 2 aromatic heterocycles. The maximum Gasteiger partial charge on any atom is 0.306 e. The van der Waals surface area contributed by atoms with Crippen molar-refractivity contribution in [1.82, 2.24) is 14.7 Å². The van der Waals surface area contributed by atoms with Gasteiger partial charge in [0.2, 0.25) is 11.2 Å². The van der Waals surface area contributed by atoms with Gasteiger partial charge in [-0.3, -0.25) is 19.2 Å². The summed E-state index contributed by atoms with van der Waals surface area (Å²) in [7, 11) is -0.256. The molecule has 232 valence electrons. The first-order chi connectivity index (χ1) is 20.5. The molecule has 2 aliphatic rings. The number of benzene rings is 1. The fourth-order valence-corrected chi connectivity index (χ4v) is 7.82. The number of carbonyl (C=O) groups excluding carboxylic acids is 1. The number of piperazine rings is 1. The maximum absolute atomic E-state index is 13.0. The topological polar surface area (TPSA) is 144 Å². The van der Waals surface area contributed by atoms with Gasteiger partial charge in [-0.25, -0.2) is 8.42 Å². The molecular formula is C30H38N4O8S. The number of esters is 1. The Morgan fingerprint density at radius 1 is 1.14 bits per heavy atom. The lowest BCUT2D eigenvalue weighted by Gasteiger charge is -2.36. The quantitative estimate of drug-likeness (QED) is 0.355. The average Bonchev–Trinajstić information content (AvgIpc) is 3.50. The molecule has 3 aromatic rings. The third-order valence-electron chi connectivity index (χ3n) is 8.39. The maximum atomic E-state index is 13.0. The predicted molar refractivity (Wildman–Crippen MR) is 160 cm³/mol. The van der Waals surface area contributed by atoms with Crippen molar-refractivity contribution in [3.05, 3.63) is 69.0 Å². The second kappa shape index (κ2) is 12.4. The number of methoxy groups -OCH3 is 2. The van der Waals surface area contributed by atoms with Crippen molar-refractivity contribution in [2.45, 2.75) is 45.2 Å². The largest absolute Gasteiger partial charge is 0.502 e. The Balaban J connectivity index is 1.41. The van der Waals surface area contributed by atoms with E-state index in [1.54, 1.807) is 25.6 Å². The SMILES string of the molecule is COC(=O)C[C@H](c1oc(CN2CCN(c3ccc(OC)cc3)CC2)cc(=O)c1O)c1c(C)nn([C@H]2CCS(=O)(=O)C2)c1C. The van der Waals surface area contributed by atoms with E-state index in [4.69, 9.17) is 13.9 Å². The monoisotopic (exact) mass is 614 g/mol. The van der Waals surface area contributed by atoms with Gasteiger partial charge in [-0.1, -0.05) is 0 Å². The third-order valence-corrected chi connectivity index (χ3v) is 10.1. The van der Waals surface area contributed by atoms with Gasteiger partial charge in [-0.15, -0.1) is 0 Å². The highest BCUT2D eigenvalue weighted by Gasteiger charge is 2.35. The highest BCUT2D eigenvalue weighted by atomic mass is 32.2. The summed E-state index contributed by atoms with van der Waals surface area (Å²) in [6.45, 7) is 6.92. The van der Waals surface area contributed by atoms with E-state index in [1.165, 1.54) is 13.2 Å². The first-order valence-corrected chi connectivity index (χ1v) is 16.1. The summed E-state index contributed by atoms with van der Waals surface area (Å²) in [6.07, 6.45) is 0.236. The number of ether oxygens (including phenoxy) is 2. The Bertz CT molecular complexity index is 1640. The summed E-state index contributed by atoms with van der Waals surface area (Å²) < 4.78 is 42.4. The van der Waals surface area contributed by atoms with E-state index in [9.17, 15) is 23.1 Å². The highest BCUT2D eigenvalue weighted by molar-refractivity contribution is 7.91. The molecule has 2 saturated heterocycles.